The van der Waals surface area contributed by atoms with E-state index >= 15 is 0 Å². The normalized spacial score (nSPS) is 13.7. The fraction of sp³-hybridized carbons (Fsp3) is 0.250. The summed E-state index contributed by atoms with van der Waals surface area (Å²) >= 11 is 1.45. The lowest BCUT2D eigenvalue weighted by atomic mass is 10.1. The molecule has 3 rings (SSSR count). The third-order valence-electron chi connectivity index (χ3n) is 3.42. The largest absolute Gasteiger partial charge is 0.482 e. The second kappa shape index (κ2) is 5.46. The minimum atomic E-state index is -0.0674. The van der Waals surface area contributed by atoms with E-state index < -0.39 is 0 Å². The topological polar surface area (TPSA) is 68.5 Å². The van der Waals surface area contributed by atoms with E-state index in [4.69, 9.17) is 10.5 Å². The van der Waals surface area contributed by atoms with Crippen molar-refractivity contribution in [3.05, 3.63) is 35.2 Å². The molecule has 22 heavy (non-hydrogen) atoms. The van der Waals surface area contributed by atoms with E-state index in [9.17, 15) is 4.79 Å². The lowest BCUT2D eigenvalue weighted by Gasteiger charge is -2.29. The van der Waals surface area contributed by atoms with E-state index in [0.717, 1.165) is 27.4 Å². The van der Waals surface area contributed by atoms with Crippen LogP contribution >= 0.6 is 11.3 Å². The quantitative estimate of drug-likeness (QED) is 0.884. The minimum Gasteiger partial charge on any atom is -0.482 e. The number of anilines is 2. The molecule has 1 aliphatic rings. The summed E-state index contributed by atoms with van der Waals surface area (Å²) in [5.41, 5.74) is 9.22. The molecule has 0 aliphatic carbocycles. The second-order valence-electron chi connectivity index (χ2n) is 5.37. The average Bonchev–Trinajstić information content (AvgIpc) is 2.80. The summed E-state index contributed by atoms with van der Waals surface area (Å²) in [6.07, 6.45) is 0. The molecule has 2 N–H and O–H groups in total. The molecule has 6 heteroatoms. The number of aromatic nitrogens is 1. The molecule has 114 valence electrons. The number of aryl methyl sites for hydroxylation is 1. The molecule has 1 aromatic heterocycles. The van der Waals surface area contributed by atoms with Crippen LogP contribution in [0.3, 0.4) is 0 Å². The fourth-order valence-electron chi connectivity index (χ4n) is 2.48. The third-order valence-corrected chi connectivity index (χ3v) is 4.22. The van der Waals surface area contributed by atoms with Crippen molar-refractivity contribution in [2.45, 2.75) is 13.8 Å². The highest BCUT2D eigenvalue weighted by Crippen LogP contribution is 2.38. The smallest absolute Gasteiger partial charge is 0.265 e. The van der Waals surface area contributed by atoms with Crippen LogP contribution in [0.25, 0.3) is 11.3 Å². The zero-order valence-corrected chi connectivity index (χ0v) is 13.4. The Balaban J connectivity index is 2.07. The van der Waals surface area contributed by atoms with Gasteiger partial charge in [0, 0.05) is 17.0 Å². The maximum Gasteiger partial charge on any atom is 0.265 e. The van der Waals surface area contributed by atoms with Crippen molar-refractivity contribution in [3.8, 4) is 17.0 Å². The predicted octanol–water partition coefficient (Wildman–Crippen LogP) is 3.00. The monoisotopic (exact) mass is 315 g/mol. The molecule has 0 saturated heterocycles. The summed E-state index contributed by atoms with van der Waals surface area (Å²) < 4.78 is 5.51. The highest BCUT2D eigenvalue weighted by Gasteiger charge is 2.26. The number of hydrogen-bond acceptors (Lipinski definition) is 5. The molecule has 1 aliphatic heterocycles. The summed E-state index contributed by atoms with van der Waals surface area (Å²) in [4.78, 5) is 19.3. The highest BCUT2D eigenvalue weighted by molar-refractivity contribution is 7.15. The fourth-order valence-corrected chi connectivity index (χ4v) is 3.19. The summed E-state index contributed by atoms with van der Waals surface area (Å²) in [5, 5.41) is 0.538. The number of nitrogens with zero attached hydrogens (tertiary/aromatic N) is 2. The molecule has 0 radical (unpaired) electrons. The number of ether oxygens (including phenoxy) is 1. The van der Waals surface area contributed by atoms with Crippen molar-refractivity contribution in [1.82, 2.24) is 4.98 Å². The van der Waals surface area contributed by atoms with Gasteiger partial charge < -0.3 is 15.4 Å². The average molecular weight is 315 g/mol. The SMILES string of the molecule is C=C(C)CN1C(=O)COc2ccc(-c3nc(N)sc3C)cc21. The zero-order chi connectivity index (χ0) is 15.9. The van der Waals surface area contributed by atoms with Gasteiger partial charge in [0.05, 0.1) is 11.4 Å². The van der Waals surface area contributed by atoms with Gasteiger partial charge in [0.1, 0.15) is 5.75 Å². The van der Waals surface area contributed by atoms with E-state index in [0.29, 0.717) is 17.4 Å². The van der Waals surface area contributed by atoms with Crippen molar-refractivity contribution in [2.75, 3.05) is 23.8 Å². The van der Waals surface area contributed by atoms with Crippen LogP contribution in [0.1, 0.15) is 11.8 Å². The number of fused-ring (bicyclic) bond motifs is 1. The molecule has 0 unspecified atom stereocenters. The molecular formula is C16H17N3O2S. The Labute approximate surface area is 133 Å². The molecular weight excluding hydrogens is 298 g/mol. The van der Waals surface area contributed by atoms with Gasteiger partial charge in [-0.3, -0.25) is 4.79 Å². The lowest BCUT2D eigenvalue weighted by Crippen LogP contribution is -2.39. The highest BCUT2D eigenvalue weighted by atomic mass is 32.1. The maximum absolute atomic E-state index is 12.1. The number of rotatable bonds is 3. The van der Waals surface area contributed by atoms with Crippen LogP contribution in [-0.4, -0.2) is 24.0 Å². The van der Waals surface area contributed by atoms with Crippen molar-refractivity contribution in [2.24, 2.45) is 0 Å². The van der Waals surface area contributed by atoms with Gasteiger partial charge in [0.15, 0.2) is 11.7 Å². The molecule has 0 atom stereocenters. The van der Waals surface area contributed by atoms with Crippen molar-refractivity contribution >= 4 is 28.1 Å². The molecule has 5 nitrogen and oxygen atoms in total. The first-order chi connectivity index (χ1) is 10.5. The Morgan fingerprint density at radius 2 is 2.32 bits per heavy atom. The Morgan fingerprint density at radius 1 is 1.55 bits per heavy atom. The first-order valence-electron chi connectivity index (χ1n) is 6.90. The van der Waals surface area contributed by atoms with Crippen LogP contribution in [0.2, 0.25) is 0 Å². The van der Waals surface area contributed by atoms with E-state index in [1.807, 2.05) is 32.0 Å². The zero-order valence-electron chi connectivity index (χ0n) is 12.5. The number of amides is 1. The molecule has 0 spiro atoms. The van der Waals surface area contributed by atoms with Gasteiger partial charge in [-0.1, -0.05) is 12.2 Å². The molecule has 0 bridgehead atoms. The van der Waals surface area contributed by atoms with Crippen LogP contribution in [0.5, 0.6) is 5.75 Å². The van der Waals surface area contributed by atoms with Crippen LogP contribution in [0.15, 0.2) is 30.4 Å². The van der Waals surface area contributed by atoms with Gasteiger partial charge in [-0.2, -0.15) is 0 Å². The van der Waals surface area contributed by atoms with Gasteiger partial charge in [-0.25, -0.2) is 4.98 Å². The van der Waals surface area contributed by atoms with Gasteiger partial charge in [0.2, 0.25) is 0 Å². The summed E-state index contributed by atoms with van der Waals surface area (Å²) in [5.74, 6) is 0.632. The van der Waals surface area contributed by atoms with E-state index in [1.165, 1.54) is 11.3 Å². The molecule has 1 amide bonds. The minimum absolute atomic E-state index is 0.0578. The number of carbonyl (C=O) groups excluding carboxylic acids is 1. The number of carbonyl (C=O) groups is 1. The summed E-state index contributed by atoms with van der Waals surface area (Å²) in [6, 6.07) is 5.74. The Kier molecular flexibility index (Phi) is 3.62. The van der Waals surface area contributed by atoms with Crippen LogP contribution in [0, 0.1) is 6.92 Å². The van der Waals surface area contributed by atoms with Crippen molar-refractivity contribution < 1.29 is 9.53 Å². The predicted molar refractivity (Wildman–Crippen MR) is 89.4 cm³/mol. The Hall–Kier alpha value is -2.34. The van der Waals surface area contributed by atoms with Gasteiger partial charge in [-0.15, -0.1) is 11.3 Å². The first kappa shape index (κ1) is 14.6. The summed E-state index contributed by atoms with van der Waals surface area (Å²) in [7, 11) is 0. The van der Waals surface area contributed by atoms with Gasteiger partial charge in [0.25, 0.3) is 5.91 Å². The maximum atomic E-state index is 12.1. The van der Waals surface area contributed by atoms with Crippen LogP contribution in [-0.2, 0) is 4.79 Å². The van der Waals surface area contributed by atoms with Crippen molar-refractivity contribution in [1.29, 1.82) is 0 Å². The molecule has 0 fully saturated rings. The number of benzene rings is 1. The second-order valence-corrected chi connectivity index (χ2v) is 6.60. The van der Waals surface area contributed by atoms with Gasteiger partial charge >= 0.3 is 0 Å². The molecule has 2 aromatic rings. The number of nitrogen functional groups attached to an aromatic ring is 1. The number of thiazole rings is 1. The standard InChI is InChI=1S/C16H17N3O2S/c1-9(2)7-19-12-6-11(15-10(3)22-16(17)18-15)4-5-13(12)21-8-14(19)20/h4-6H,1,7-8H2,2-3H3,(H2,17,18). The van der Waals surface area contributed by atoms with Crippen LogP contribution < -0.4 is 15.4 Å². The Bertz CT molecular complexity index is 767. The third kappa shape index (κ3) is 2.57. The lowest BCUT2D eigenvalue weighted by molar-refractivity contribution is -0.121. The van der Waals surface area contributed by atoms with Gasteiger partial charge in [-0.05, 0) is 32.0 Å². The first-order valence-corrected chi connectivity index (χ1v) is 7.72. The number of hydrogen-bond donors (Lipinski definition) is 1. The van der Waals surface area contributed by atoms with E-state index in [-0.39, 0.29) is 12.5 Å². The van der Waals surface area contributed by atoms with E-state index in [2.05, 4.69) is 11.6 Å². The molecule has 0 saturated carbocycles. The number of nitrogens with two attached hydrogens (primary N) is 1. The van der Waals surface area contributed by atoms with Crippen LogP contribution in [0.4, 0.5) is 10.8 Å². The molecule has 2 heterocycles. The summed E-state index contributed by atoms with van der Waals surface area (Å²) in [6.45, 7) is 8.32. The molecule has 1 aromatic carbocycles. The van der Waals surface area contributed by atoms with E-state index in [1.54, 1.807) is 4.90 Å². The van der Waals surface area contributed by atoms with Crippen molar-refractivity contribution in [3.63, 3.8) is 0 Å². The Morgan fingerprint density at radius 3 is 2.95 bits per heavy atom.